The standard InChI is InChI=1S/C12H17NO3S/c1-2-3-7-17(15,16)13-9-11-5-4-6-12(8-11)10-14/h2,4-6,8,13-14H,1,3,7,9-10H2. The van der Waals surface area contributed by atoms with Crippen molar-refractivity contribution in [1.82, 2.24) is 4.72 Å². The molecule has 0 atom stereocenters. The Labute approximate surface area is 102 Å². The first-order valence-corrected chi connectivity index (χ1v) is 6.99. The number of nitrogens with one attached hydrogen (secondary N) is 1. The van der Waals surface area contributed by atoms with E-state index in [2.05, 4.69) is 11.3 Å². The monoisotopic (exact) mass is 255 g/mol. The summed E-state index contributed by atoms with van der Waals surface area (Å²) in [5.41, 5.74) is 1.60. The van der Waals surface area contributed by atoms with E-state index in [-0.39, 0.29) is 18.9 Å². The second kappa shape index (κ2) is 6.54. The molecule has 94 valence electrons. The Morgan fingerprint density at radius 2 is 2.06 bits per heavy atom. The quantitative estimate of drug-likeness (QED) is 0.719. The molecule has 0 aliphatic rings. The summed E-state index contributed by atoms with van der Waals surface area (Å²) < 4.78 is 25.5. The molecule has 0 radical (unpaired) electrons. The number of benzene rings is 1. The average molecular weight is 255 g/mol. The van der Waals surface area contributed by atoms with Crippen LogP contribution in [0.15, 0.2) is 36.9 Å². The van der Waals surface area contributed by atoms with Crippen molar-refractivity contribution < 1.29 is 13.5 Å². The Balaban J connectivity index is 2.57. The predicted octanol–water partition coefficient (Wildman–Crippen LogP) is 1.17. The van der Waals surface area contributed by atoms with Crippen LogP contribution in [0.2, 0.25) is 0 Å². The molecule has 0 fully saturated rings. The average Bonchev–Trinajstić information content (AvgIpc) is 2.34. The molecule has 0 heterocycles. The van der Waals surface area contributed by atoms with Gasteiger partial charge in [0.05, 0.1) is 12.4 Å². The summed E-state index contributed by atoms with van der Waals surface area (Å²) in [4.78, 5) is 0. The van der Waals surface area contributed by atoms with Crippen LogP contribution in [0, 0.1) is 0 Å². The summed E-state index contributed by atoms with van der Waals surface area (Å²) in [7, 11) is -3.25. The van der Waals surface area contributed by atoms with Crippen LogP contribution in [0.4, 0.5) is 0 Å². The zero-order valence-corrected chi connectivity index (χ0v) is 10.4. The minimum atomic E-state index is -3.25. The lowest BCUT2D eigenvalue weighted by Crippen LogP contribution is -2.25. The maximum atomic E-state index is 11.5. The van der Waals surface area contributed by atoms with Crippen molar-refractivity contribution in [3.05, 3.63) is 48.0 Å². The molecule has 1 rings (SSSR count). The summed E-state index contributed by atoms with van der Waals surface area (Å²) >= 11 is 0. The fraction of sp³-hybridized carbons (Fsp3) is 0.333. The number of allylic oxidation sites excluding steroid dienone is 1. The van der Waals surface area contributed by atoms with Gasteiger partial charge < -0.3 is 5.11 Å². The van der Waals surface area contributed by atoms with Gasteiger partial charge in [-0.2, -0.15) is 0 Å². The Hall–Kier alpha value is -1.17. The Morgan fingerprint density at radius 1 is 1.35 bits per heavy atom. The normalized spacial score (nSPS) is 11.4. The lowest BCUT2D eigenvalue weighted by atomic mass is 10.1. The minimum Gasteiger partial charge on any atom is -0.392 e. The second-order valence-corrected chi connectivity index (χ2v) is 5.62. The van der Waals surface area contributed by atoms with E-state index < -0.39 is 10.0 Å². The van der Waals surface area contributed by atoms with Crippen LogP contribution in [0.3, 0.4) is 0 Å². The molecule has 0 aliphatic carbocycles. The van der Waals surface area contributed by atoms with E-state index >= 15 is 0 Å². The summed E-state index contributed by atoms with van der Waals surface area (Å²) in [6, 6.07) is 7.17. The van der Waals surface area contributed by atoms with Gasteiger partial charge in [0.1, 0.15) is 0 Å². The number of rotatable bonds is 7. The zero-order valence-electron chi connectivity index (χ0n) is 9.59. The second-order valence-electron chi connectivity index (χ2n) is 3.70. The molecule has 0 aliphatic heterocycles. The first kappa shape index (κ1) is 13.9. The van der Waals surface area contributed by atoms with Crippen LogP contribution < -0.4 is 4.72 Å². The molecular weight excluding hydrogens is 238 g/mol. The number of aliphatic hydroxyl groups excluding tert-OH is 1. The van der Waals surface area contributed by atoms with Crippen molar-refractivity contribution in [3.63, 3.8) is 0 Å². The molecule has 0 spiro atoms. The maximum Gasteiger partial charge on any atom is 0.212 e. The SMILES string of the molecule is C=CCCS(=O)(=O)NCc1cccc(CO)c1. The highest BCUT2D eigenvalue weighted by Crippen LogP contribution is 2.05. The summed E-state index contributed by atoms with van der Waals surface area (Å²) in [5, 5.41) is 8.96. The van der Waals surface area contributed by atoms with Crippen molar-refractivity contribution in [2.75, 3.05) is 5.75 Å². The van der Waals surface area contributed by atoms with E-state index in [1.807, 2.05) is 6.07 Å². The molecule has 0 bridgehead atoms. The number of hydrogen-bond acceptors (Lipinski definition) is 3. The highest BCUT2D eigenvalue weighted by Gasteiger charge is 2.08. The van der Waals surface area contributed by atoms with E-state index in [1.54, 1.807) is 24.3 Å². The molecule has 0 amide bonds. The summed E-state index contributed by atoms with van der Waals surface area (Å²) in [6.45, 7) is 3.68. The van der Waals surface area contributed by atoms with Gasteiger partial charge in [0.25, 0.3) is 0 Å². The highest BCUT2D eigenvalue weighted by atomic mass is 32.2. The van der Waals surface area contributed by atoms with Gasteiger partial charge in [-0.25, -0.2) is 13.1 Å². The third kappa shape index (κ3) is 5.12. The summed E-state index contributed by atoms with van der Waals surface area (Å²) in [5.74, 6) is 0.0518. The number of sulfonamides is 1. The van der Waals surface area contributed by atoms with E-state index in [1.165, 1.54) is 0 Å². The molecule has 4 nitrogen and oxygen atoms in total. The molecule has 1 aromatic rings. The highest BCUT2D eigenvalue weighted by molar-refractivity contribution is 7.89. The molecule has 0 unspecified atom stereocenters. The van der Waals surface area contributed by atoms with Gasteiger partial charge in [0.2, 0.25) is 10.0 Å². The molecule has 0 saturated heterocycles. The fourth-order valence-electron chi connectivity index (χ4n) is 1.34. The fourth-order valence-corrected chi connectivity index (χ4v) is 2.35. The van der Waals surface area contributed by atoms with E-state index in [9.17, 15) is 8.42 Å². The van der Waals surface area contributed by atoms with Gasteiger partial charge in [-0.1, -0.05) is 30.3 Å². The van der Waals surface area contributed by atoms with Crippen LogP contribution in [-0.4, -0.2) is 19.3 Å². The van der Waals surface area contributed by atoms with Gasteiger partial charge in [-0.3, -0.25) is 0 Å². The van der Waals surface area contributed by atoms with Crippen molar-refractivity contribution >= 4 is 10.0 Å². The first-order chi connectivity index (χ1) is 8.07. The molecule has 17 heavy (non-hydrogen) atoms. The third-order valence-corrected chi connectivity index (χ3v) is 3.62. The van der Waals surface area contributed by atoms with Crippen molar-refractivity contribution in [2.45, 2.75) is 19.6 Å². The van der Waals surface area contributed by atoms with E-state index in [0.717, 1.165) is 11.1 Å². The van der Waals surface area contributed by atoms with Gasteiger partial charge in [-0.15, -0.1) is 6.58 Å². The lowest BCUT2D eigenvalue weighted by molar-refractivity contribution is 0.281. The van der Waals surface area contributed by atoms with Crippen LogP contribution in [0.1, 0.15) is 17.5 Å². The molecule has 0 aromatic heterocycles. The minimum absolute atomic E-state index is 0.0446. The van der Waals surface area contributed by atoms with E-state index in [4.69, 9.17) is 5.11 Å². The third-order valence-electron chi connectivity index (χ3n) is 2.26. The van der Waals surface area contributed by atoms with Crippen molar-refractivity contribution in [2.24, 2.45) is 0 Å². The summed E-state index contributed by atoms with van der Waals surface area (Å²) in [6.07, 6.45) is 2.01. The van der Waals surface area contributed by atoms with Crippen LogP contribution >= 0.6 is 0 Å². The Bertz CT molecular complexity index is 468. The Morgan fingerprint density at radius 3 is 2.71 bits per heavy atom. The molecule has 5 heteroatoms. The lowest BCUT2D eigenvalue weighted by Gasteiger charge is -2.06. The molecular formula is C12H17NO3S. The molecule has 1 aromatic carbocycles. The molecule has 0 saturated carbocycles. The van der Waals surface area contributed by atoms with Gasteiger partial charge in [0, 0.05) is 6.54 Å². The van der Waals surface area contributed by atoms with Gasteiger partial charge in [-0.05, 0) is 17.5 Å². The van der Waals surface area contributed by atoms with Crippen molar-refractivity contribution in [1.29, 1.82) is 0 Å². The van der Waals surface area contributed by atoms with Crippen LogP contribution in [0.25, 0.3) is 0 Å². The van der Waals surface area contributed by atoms with Gasteiger partial charge >= 0.3 is 0 Å². The van der Waals surface area contributed by atoms with Gasteiger partial charge in [0.15, 0.2) is 0 Å². The maximum absolute atomic E-state index is 11.5. The predicted molar refractivity (Wildman–Crippen MR) is 67.8 cm³/mol. The van der Waals surface area contributed by atoms with E-state index in [0.29, 0.717) is 6.42 Å². The zero-order chi connectivity index (χ0) is 12.7. The molecule has 2 N–H and O–H groups in total. The first-order valence-electron chi connectivity index (χ1n) is 5.34. The largest absolute Gasteiger partial charge is 0.392 e. The number of hydrogen-bond donors (Lipinski definition) is 2. The smallest absolute Gasteiger partial charge is 0.212 e. The van der Waals surface area contributed by atoms with Crippen molar-refractivity contribution in [3.8, 4) is 0 Å². The van der Waals surface area contributed by atoms with Crippen LogP contribution in [0.5, 0.6) is 0 Å². The number of aliphatic hydroxyl groups is 1. The van der Waals surface area contributed by atoms with Crippen LogP contribution in [-0.2, 0) is 23.2 Å². The topological polar surface area (TPSA) is 66.4 Å². The Kier molecular flexibility index (Phi) is 5.34.